The number of ketones is 1. The summed E-state index contributed by atoms with van der Waals surface area (Å²) in [7, 11) is 0. The van der Waals surface area contributed by atoms with Gasteiger partial charge in [-0.15, -0.1) is 0 Å². The summed E-state index contributed by atoms with van der Waals surface area (Å²) >= 11 is 11.3. The highest BCUT2D eigenvalue weighted by molar-refractivity contribution is 6.35. The number of alkyl halides is 6. The summed E-state index contributed by atoms with van der Waals surface area (Å²) in [6.45, 7) is 0. The lowest BCUT2D eigenvalue weighted by Gasteiger charge is -2.18. The van der Waals surface area contributed by atoms with Gasteiger partial charge in [-0.25, -0.2) is 4.39 Å². The molecule has 3 nitrogen and oxygen atoms in total. The molecule has 1 aromatic heterocycles. The third-order valence-electron chi connectivity index (χ3n) is 5.20. The van der Waals surface area contributed by atoms with Gasteiger partial charge < -0.3 is 0 Å². The lowest BCUT2D eigenvalue weighted by atomic mass is 9.97. The molecule has 0 aliphatic heterocycles. The summed E-state index contributed by atoms with van der Waals surface area (Å²) < 4.78 is 92.6. The molecule has 1 atom stereocenters. The average molecular weight is 554 g/mol. The number of rotatable bonds is 7. The van der Waals surface area contributed by atoms with Crippen molar-refractivity contribution in [3.05, 3.63) is 75.7 Å². The summed E-state index contributed by atoms with van der Waals surface area (Å²) in [5, 5.41) is -0.621. The summed E-state index contributed by atoms with van der Waals surface area (Å²) in [6.07, 6.45) is -8.60. The number of allylic oxidation sites excluding steroid dienone is 1. The number of halogens is 9. The van der Waals surface area contributed by atoms with Crippen LogP contribution >= 0.6 is 23.2 Å². The van der Waals surface area contributed by atoms with Gasteiger partial charge in [-0.2, -0.15) is 26.3 Å². The van der Waals surface area contributed by atoms with E-state index in [-0.39, 0.29) is 5.56 Å². The van der Waals surface area contributed by atoms with Crippen molar-refractivity contribution in [2.45, 2.75) is 37.5 Å². The molecule has 0 radical (unpaired) electrons. The topological polar surface area (TPSA) is 39.1 Å². The summed E-state index contributed by atoms with van der Waals surface area (Å²) in [6, 6.07) is 7.60. The SMILES string of the molecule is O=C(CCC(=O)n1ccc2cc(/C=C/C(c3cc(Cl)c(F)c(Cl)c3)C(F)(F)F)ccc21)CC(F)(F)F. The number of aromatic nitrogens is 1. The third-order valence-corrected chi connectivity index (χ3v) is 5.75. The van der Waals surface area contributed by atoms with Gasteiger partial charge in [0.1, 0.15) is 12.2 Å². The minimum atomic E-state index is -4.73. The maximum absolute atomic E-state index is 13.7. The fraction of sp³-hybridized carbons (Fsp3) is 0.250. The van der Waals surface area contributed by atoms with Crippen molar-refractivity contribution in [2.24, 2.45) is 0 Å². The monoisotopic (exact) mass is 553 g/mol. The highest BCUT2D eigenvalue weighted by Crippen LogP contribution is 2.39. The van der Waals surface area contributed by atoms with E-state index in [1.807, 2.05) is 0 Å². The van der Waals surface area contributed by atoms with Gasteiger partial charge >= 0.3 is 12.4 Å². The summed E-state index contributed by atoms with van der Waals surface area (Å²) in [5.74, 6) is -4.88. The molecule has 0 aliphatic rings. The van der Waals surface area contributed by atoms with Gasteiger partial charge in [-0.05, 0) is 41.5 Å². The molecule has 0 saturated heterocycles. The Morgan fingerprint density at radius 1 is 0.944 bits per heavy atom. The van der Waals surface area contributed by atoms with Crippen molar-refractivity contribution >= 4 is 51.9 Å². The third kappa shape index (κ3) is 6.88. The lowest BCUT2D eigenvalue weighted by Crippen LogP contribution is -2.19. The lowest BCUT2D eigenvalue weighted by molar-refractivity contribution is -0.152. The first-order chi connectivity index (χ1) is 16.7. The standard InChI is InChI=1S/C24H16Cl2F7NO2/c25-18-10-15(11-19(26)22(18)27)17(24(31,32)33)4-1-13-2-5-20-14(9-13)7-8-34(20)21(36)6-3-16(35)12-23(28,29)30/h1-2,4-5,7-11,17H,3,6,12H2/b4-1+. The van der Waals surface area contributed by atoms with Crippen LogP contribution in [0.15, 0.2) is 48.7 Å². The van der Waals surface area contributed by atoms with Crippen molar-refractivity contribution in [3.63, 3.8) is 0 Å². The first-order valence-corrected chi connectivity index (χ1v) is 11.0. The first-order valence-electron chi connectivity index (χ1n) is 10.3. The van der Waals surface area contributed by atoms with Crippen LogP contribution in [0.3, 0.4) is 0 Å². The number of fused-ring (bicyclic) bond motifs is 1. The predicted octanol–water partition coefficient (Wildman–Crippen LogP) is 8.39. The van der Waals surface area contributed by atoms with Gasteiger partial charge in [0.2, 0.25) is 5.91 Å². The van der Waals surface area contributed by atoms with Gasteiger partial charge in [0.15, 0.2) is 5.82 Å². The van der Waals surface area contributed by atoms with E-state index in [1.54, 1.807) is 0 Å². The van der Waals surface area contributed by atoms with E-state index in [0.717, 1.165) is 22.8 Å². The Morgan fingerprint density at radius 3 is 2.17 bits per heavy atom. The molecule has 0 N–H and O–H groups in total. The molecule has 1 unspecified atom stereocenters. The van der Waals surface area contributed by atoms with Crippen LogP contribution in [0.25, 0.3) is 17.0 Å². The van der Waals surface area contributed by atoms with Crippen LogP contribution in [0.5, 0.6) is 0 Å². The second-order valence-corrected chi connectivity index (χ2v) is 8.72. The van der Waals surface area contributed by atoms with Crippen LogP contribution in [0.4, 0.5) is 30.7 Å². The number of carbonyl (C=O) groups excluding carboxylic acids is 2. The number of hydrogen-bond donors (Lipinski definition) is 0. The number of hydrogen-bond acceptors (Lipinski definition) is 2. The quantitative estimate of drug-likeness (QED) is 0.217. The first kappa shape index (κ1) is 27.7. The fourth-order valence-electron chi connectivity index (χ4n) is 3.53. The van der Waals surface area contributed by atoms with Gasteiger partial charge in [-0.1, -0.05) is 41.4 Å². The number of nitrogens with zero attached hydrogens (tertiary/aromatic N) is 1. The van der Waals surface area contributed by atoms with Gasteiger partial charge in [0.05, 0.1) is 21.5 Å². The van der Waals surface area contributed by atoms with Gasteiger partial charge in [-0.3, -0.25) is 14.2 Å². The van der Waals surface area contributed by atoms with E-state index in [2.05, 4.69) is 0 Å². The molecule has 0 fully saturated rings. The minimum Gasteiger partial charge on any atom is -0.299 e. The average Bonchev–Trinajstić information content (AvgIpc) is 3.17. The maximum Gasteiger partial charge on any atom is 0.399 e. The molecule has 1 heterocycles. The molecular formula is C24H16Cl2F7NO2. The van der Waals surface area contributed by atoms with Crippen molar-refractivity contribution in [3.8, 4) is 0 Å². The van der Waals surface area contributed by atoms with E-state index in [9.17, 15) is 40.3 Å². The number of Topliss-reactive ketones (excluding diaryl/α,β-unsaturated/α-hetero) is 1. The molecule has 0 aliphatic carbocycles. The van der Waals surface area contributed by atoms with Crippen LogP contribution < -0.4 is 0 Å². The van der Waals surface area contributed by atoms with Crippen LogP contribution in [-0.4, -0.2) is 28.6 Å². The molecule has 3 rings (SSSR count). The maximum atomic E-state index is 13.7. The Labute approximate surface area is 210 Å². The molecule has 3 aromatic rings. The second-order valence-electron chi connectivity index (χ2n) is 7.91. The zero-order valence-electron chi connectivity index (χ0n) is 18.1. The summed E-state index contributed by atoms with van der Waals surface area (Å²) in [4.78, 5) is 23.8. The van der Waals surface area contributed by atoms with Gasteiger partial charge in [0, 0.05) is 24.4 Å². The molecule has 0 bridgehead atoms. The molecule has 0 spiro atoms. The Bertz CT molecular complexity index is 1300. The second kappa shape index (κ2) is 10.6. The van der Waals surface area contributed by atoms with Crippen molar-refractivity contribution < 1.29 is 40.3 Å². The Balaban J connectivity index is 1.80. The fourth-order valence-corrected chi connectivity index (χ4v) is 4.04. The molecular weight excluding hydrogens is 538 g/mol. The van der Waals surface area contributed by atoms with Gasteiger partial charge in [0.25, 0.3) is 0 Å². The molecule has 36 heavy (non-hydrogen) atoms. The predicted molar refractivity (Wildman–Crippen MR) is 122 cm³/mol. The smallest absolute Gasteiger partial charge is 0.299 e. The Morgan fingerprint density at radius 2 is 1.58 bits per heavy atom. The highest BCUT2D eigenvalue weighted by Gasteiger charge is 2.39. The van der Waals surface area contributed by atoms with Crippen LogP contribution in [0.2, 0.25) is 10.0 Å². The van der Waals surface area contributed by atoms with E-state index in [4.69, 9.17) is 23.2 Å². The molecule has 2 aromatic carbocycles. The van der Waals surface area contributed by atoms with Crippen LogP contribution in [0.1, 0.15) is 41.1 Å². The number of benzene rings is 2. The number of carbonyl (C=O) groups is 2. The summed E-state index contributed by atoms with van der Waals surface area (Å²) in [5.41, 5.74) is 0.361. The zero-order valence-corrected chi connectivity index (χ0v) is 19.6. The molecule has 0 saturated carbocycles. The normalized spacial score (nSPS) is 13.5. The van der Waals surface area contributed by atoms with Crippen LogP contribution in [0, 0.1) is 5.82 Å². The van der Waals surface area contributed by atoms with E-state index >= 15 is 0 Å². The van der Waals surface area contributed by atoms with E-state index in [1.165, 1.54) is 36.5 Å². The largest absolute Gasteiger partial charge is 0.399 e. The zero-order chi connectivity index (χ0) is 26.8. The van der Waals surface area contributed by atoms with Crippen molar-refractivity contribution in [1.82, 2.24) is 4.57 Å². The van der Waals surface area contributed by atoms with E-state index < -0.39 is 65.1 Å². The highest BCUT2D eigenvalue weighted by atomic mass is 35.5. The molecule has 0 amide bonds. The Kier molecular flexibility index (Phi) is 8.20. The molecule has 12 heteroatoms. The minimum absolute atomic E-state index is 0.349. The van der Waals surface area contributed by atoms with Crippen molar-refractivity contribution in [2.75, 3.05) is 0 Å². The molecule has 192 valence electrons. The van der Waals surface area contributed by atoms with Crippen molar-refractivity contribution in [1.29, 1.82) is 0 Å². The van der Waals surface area contributed by atoms with E-state index in [0.29, 0.717) is 16.5 Å². The van der Waals surface area contributed by atoms with Crippen LogP contribution in [-0.2, 0) is 4.79 Å². The Hall–Kier alpha value is -2.85.